The quantitative estimate of drug-likeness (QED) is 0.268. The summed E-state index contributed by atoms with van der Waals surface area (Å²) in [6, 6.07) is 0.905. The van der Waals surface area contributed by atoms with Gasteiger partial charge in [-0.1, -0.05) is 19.9 Å². The van der Waals surface area contributed by atoms with Crippen LogP contribution in [-0.2, 0) is 22.6 Å². The zero-order valence-corrected chi connectivity index (χ0v) is 25.1. The number of fused-ring (bicyclic) bond motifs is 1. The van der Waals surface area contributed by atoms with Crippen molar-refractivity contribution in [2.45, 2.75) is 46.6 Å². The number of nitrogens with zero attached hydrogens (tertiary/aromatic N) is 5. The minimum atomic E-state index is -1.26. The van der Waals surface area contributed by atoms with Gasteiger partial charge in [-0.25, -0.2) is 18.6 Å². The van der Waals surface area contributed by atoms with Crippen LogP contribution in [0, 0.1) is 30.4 Å². The van der Waals surface area contributed by atoms with Gasteiger partial charge in [0.15, 0.2) is 5.82 Å². The Balaban J connectivity index is 1.90. The van der Waals surface area contributed by atoms with Crippen molar-refractivity contribution in [1.82, 2.24) is 29.3 Å². The second kappa shape index (κ2) is 14.0. The van der Waals surface area contributed by atoms with Crippen molar-refractivity contribution >= 4 is 34.6 Å². The van der Waals surface area contributed by atoms with E-state index in [0.29, 0.717) is 17.6 Å². The largest absolute Gasteiger partial charge is 0.465 e. The highest BCUT2D eigenvalue weighted by atomic mass is 19.1. The first-order valence-corrected chi connectivity index (χ1v) is 13.7. The number of likely N-dealkylation sites (N-methyl/N-ethyl adjacent to an activating group) is 1. The average molecular weight is 602 g/mol. The van der Waals surface area contributed by atoms with Crippen LogP contribution in [0.4, 0.5) is 19.3 Å². The Morgan fingerprint density at radius 1 is 1.19 bits per heavy atom. The second-order valence-electron chi connectivity index (χ2n) is 11.0. The van der Waals surface area contributed by atoms with Crippen LogP contribution in [0.15, 0.2) is 29.2 Å². The first-order valence-electron chi connectivity index (χ1n) is 13.7. The number of carboxylic acid groups (broad SMARTS) is 1. The highest BCUT2D eigenvalue weighted by Crippen LogP contribution is 2.21. The Bertz CT molecular complexity index is 1600. The van der Waals surface area contributed by atoms with Gasteiger partial charge in [0.05, 0.1) is 35.6 Å². The highest BCUT2D eigenvalue weighted by Gasteiger charge is 2.24. The lowest BCUT2D eigenvalue weighted by Crippen LogP contribution is -2.38. The minimum absolute atomic E-state index is 0.0256. The standard InChI is InChI=1S/C29H37F2N7O5/c1-16(2)11-21-26-25(20(31)13-32-21)34-23(35-26)15-38-17(3)19(30)12-22(28(38)41)33-27(40)18(14-37(6)29(42)43)9-7-8-10-24(39)36(4)5/h8,10,12-13,16,18H,7,9,11,14-15H2,1-6H3,(H,33,40)(H,34,35)(H,42,43)/b10-8+/t18-/m0/s1. The number of carbonyl (C=O) groups excluding carboxylic acids is 2. The van der Waals surface area contributed by atoms with E-state index >= 15 is 4.39 Å². The number of H-pyrrole nitrogens is 1. The lowest BCUT2D eigenvalue weighted by molar-refractivity contribution is -0.123. The third kappa shape index (κ3) is 8.23. The van der Waals surface area contributed by atoms with Crippen LogP contribution in [0.1, 0.15) is 43.9 Å². The number of imidazole rings is 1. The number of amides is 3. The average Bonchev–Trinajstić information content (AvgIpc) is 3.37. The van der Waals surface area contributed by atoms with Crippen molar-refractivity contribution < 1.29 is 28.3 Å². The maximum atomic E-state index is 15.0. The summed E-state index contributed by atoms with van der Waals surface area (Å²) in [7, 11) is 4.48. The molecule has 0 bridgehead atoms. The molecule has 0 saturated carbocycles. The molecule has 0 radical (unpaired) electrons. The SMILES string of the molecule is Cc1c(F)cc(NC(=O)[C@@H](CC/C=C/C(=O)N(C)C)CN(C)C(=O)O)c(=O)n1Cc1nc2c(F)cnc(CC(C)C)c2[nH]1. The van der Waals surface area contributed by atoms with Gasteiger partial charge in [-0.2, -0.15) is 0 Å². The molecule has 1 atom stereocenters. The van der Waals surface area contributed by atoms with Gasteiger partial charge in [-0.05, 0) is 38.2 Å². The predicted molar refractivity (Wildman–Crippen MR) is 157 cm³/mol. The molecule has 3 rings (SSSR count). The van der Waals surface area contributed by atoms with E-state index in [0.717, 1.165) is 21.7 Å². The second-order valence-corrected chi connectivity index (χ2v) is 11.0. The number of nitrogens with one attached hydrogen (secondary N) is 2. The molecular formula is C29H37F2N7O5. The summed E-state index contributed by atoms with van der Waals surface area (Å²) in [6.07, 6.45) is 3.73. The molecule has 14 heteroatoms. The van der Waals surface area contributed by atoms with Gasteiger partial charge >= 0.3 is 6.09 Å². The number of hydrogen-bond donors (Lipinski definition) is 3. The number of allylic oxidation sites excluding steroid dienone is 1. The van der Waals surface area contributed by atoms with E-state index < -0.39 is 35.1 Å². The van der Waals surface area contributed by atoms with Crippen LogP contribution >= 0.6 is 0 Å². The number of pyridine rings is 2. The molecule has 0 aromatic carbocycles. The molecule has 12 nitrogen and oxygen atoms in total. The van der Waals surface area contributed by atoms with Crippen LogP contribution in [0.25, 0.3) is 11.0 Å². The molecule has 0 aliphatic carbocycles. The molecule has 3 heterocycles. The van der Waals surface area contributed by atoms with Crippen LogP contribution in [0.3, 0.4) is 0 Å². The molecule has 3 amide bonds. The Morgan fingerprint density at radius 2 is 1.88 bits per heavy atom. The predicted octanol–water partition coefficient (Wildman–Crippen LogP) is 3.54. The van der Waals surface area contributed by atoms with E-state index in [1.165, 1.54) is 24.9 Å². The van der Waals surface area contributed by atoms with Gasteiger partial charge in [0.1, 0.15) is 22.8 Å². The normalized spacial score (nSPS) is 12.2. The van der Waals surface area contributed by atoms with Crippen LogP contribution in [0.5, 0.6) is 0 Å². The Morgan fingerprint density at radius 3 is 2.51 bits per heavy atom. The molecule has 43 heavy (non-hydrogen) atoms. The van der Waals surface area contributed by atoms with Crippen LogP contribution in [0.2, 0.25) is 0 Å². The number of rotatable bonds is 12. The number of aromatic nitrogens is 4. The number of anilines is 1. The van der Waals surface area contributed by atoms with E-state index in [1.54, 1.807) is 20.2 Å². The molecule has 3 aromatic heterocycles. The Labute approximate surface area is 247 Å². The van der Waals surface area contributed by atoms with Crippen molar-refractivity contribution in [2.24, 2.45) is 11.8 Å². The number of halogens is 2. The Hall–Kier alpha value is -4.62. The maximum Gasteiger partial charge on any atom is 0.407 e. The molecule has 0 aliphatic heterocycles. The molecule has 0 fully saturated rings. The van der Waals surface area contributed by atoms with Crippen LogP contribution < -0.4 is 10.9 Å². The summed E-state index contributed by atoms with van der Waals surface area (Å²) in [6.45, 7) is 4.94. The molecular weight excluding hydrogens is 564 g/mol. The van der Waals surface area contributed by atoms with Gasteiger partial charge in [0, 0.05) is 33.8 Å². The van der Waals surface area contributed by atoms with Gasteiger partial charge in [-0.3, -0.25) is 19.4 Å². The molecule has 0 unspecified atom stereocenters. The first-order chi connectivity index (χ1) is 20.2. The van der Waals surface area contributed by atoms with Crippen LogP contribution in [-0.4, -0.2) is 80.0 Å². The van der Waals surface area contributed by atoms with Crippen molar-refractivity contribution in [3.63, 3.8) is 0 Å². The lowest BCUT2D eigenvalue weighted by Gasteiger charge is -2.21. The zero-order chi connectivity index (χ0) is 32.0. The number of hydrogen-bond acceptors (Lipinski definition) is 6. The summed E-state index contributed by atoms with van der Waals surface area (Å²) in [5.41, 5.74) is -0.0366. The molecule has 0 aliphatic rings. The zero-order valence-electron chi connectivity index (χ0n) is 25.1. The smallest absolute Gasteiger partial charge is 0.407 e. The van der Waals surface area contributed by atoms with Gasteiger partial charge in [0.25, 0.3) is 5.56 Å². The first kappa shape index (κ1) is 32.9. The molecule has 0 saturated heterocycles. The lowest BCUT2D eigenvalue weighted by atomic mass is 10.0. The molecule has 232 valence electrons. The number of carbonyl (C=O) groups is 3. The van der Waals surface area contributed by atoms with E-state index in [-0.39, 0.29) is 60.5 Å². The highest BCUT2D eigenvalue weighted by molar-refractivity contribution is 5.93. The summed E-state index contributed by atoms with van der Waals surface area (Å²) in [5, 5.41) is 11.8. The van der Waals surface area contributed by atoms with Gasteiger partial charge < -0.3 is 29.8 Å². The number of aromatic amines is 1. The third-order valence-electron chi connectivity index (χ3n) is 6.84. The van der Waals surface area contributed by atoms with E-state index in [4.69, 9.17) is 0 Å². The summed E-state index contributed by atoms with van der Waals surface area (Å²) < 4.78 is 30.6. The van der Waals surface area contributed by atoms with Crippen molar-refractivity contribution in [1.29, 1.82) is 0 Å². The van der Waals surface area contributed by atoms with E-state index in [1.807, 2.05) is 13.8 Å². The van der Waals surface area contributed by atoms with Gasteiger partial charge in [-0.15, -0.1) is 0 Å². The fourth-order valence-electron chi connectivity index (χ4n) is 4.41. The summed E-state index contributed by atoms with van der Waals surface area (Å²) in [4.78, 5) is 63.6. The third-order valence-corrected chi connectivity index (χ3v) is 6.84. The van der Waals surface area contributed by atoms with Crippen molar-refractivity contribution in [3.05, 3.63) is 63.6 Å². The van der Waals surface area contributed by atoms with Crippen molar-refractivity contribution in [3.8, 4) is 0 Å². The maximum absolute atomic E-state index is 15.0. The fourth-order valence-corrected chi connectivity index (χ4v) is 4.41. The summed E-state index contributed by atoms with van der Waals surface area (Å²) in [5.74, 6) is -2.84. The molecule has 3 N–H and O–H groups in total. The topological polar surface area (TPSA) is 154 Å². The Kier molecular flexibility index (Phi) is 10.7. The van der Waals surface area contributed by atoms with Crippen molar-refractivity contribution in [2.75, 3.05) is 33.0 Å². The fraction of sp³-hybridized carbons (Fsp3) is 0.448. The monoisotopic (exact) mass is 601 g/mol. The minimum Gasteiger partial charge on any atom is -0.465 e. The van der Waals surface area contributed by atoms with E-state index in [9.17, 15) is 28.7 Å². The summed E-state index contributed by atoms with van der Waals surface area (Å²) >= 11 is 0. The molecule has 3 aromatic rings. The van der Waals surface area contributed by atoms with Gasteiger partial charge in [0.2, 0.25) is 11.8 Å². The molecule has 0 spiro atoms. The van der Waals surface area contributed by atoms with E-state index in [2.05, 4.69) is 20.3 Å².